The van der Waals surface area contributed by atoms with Gasteiger partial charge in [-0.25, -0.2) is 5.43 Å². The molecular formula is C40H48N6O8. The van der Waals surface area contributed by atoms with Crippen molar-refractivity contribution in [3.63, 3.8) is 0 Å². The standard InChI is InChI=1S/C40H48N6O8/c1-25(2)20-32(42-38(48)30-18-17-28-14-9-10-15-29(28)22-30)39(49)43-33(21-27-12-7-6-8-13-27)40(50)45-44-26(3)31-23-35(53-5)36(24-34(31)46(51)52)54-19-11-16-37(47)41-4/h6-10,12-15,17-18,22-26,32-33,44H,11,16,19-21H2,1-5H3,(H,41,47)(H,42,48)(H,43,49)(H,45,50)/t26?,32-,33-/m0/s1. The monoisotopic (exact) mass is 740 g/mol. The summed E-state index contributed by atoms with van der Waals surface area (Å²) in [7, 11) is 2.93. The fraction of sp³-hybridized carbons (Fsp3) is 0.350. The van der Waals surface area contributed by atoms with Crippen molar-refractivity contribution in [2.24, 2.45) is 5.92 Å². The van der Waals surface area contributed by atoms with Gasteiger partial charge in [-0.2, -0.15) is 0 Å². The Hall–Kier alpha value is -6.02. The molecule has 4 amide bonds. The second-order valence-electron chi connectivity index (χ2n) is 13.3. The van der Waals surface area contributed by atoms with Gasteiger partial charge in [0.1, 0.15) is 12.1 Å². The molecule has 4 rings (SSSR count). The minimum Gasteiger partial charge on any atom is -0.493 e. The van der Waals surface area contributed by atoms with E-state index in [9.17, 15) is 29.3 Å². The maximum absolute atomic E-state index is 13.8. The van der Waals surface area contributed by atoms with Crippen LogP contribution in [-0.4, -0.2) is 61.4 Å². The molecule has 0 aromatic heterocycles. The first-order chi connectivity index (χ1) is 25.9. The van der Waals surface area contributed by atoms with Gasteiger partial charge >= 0.3 is 0 Å². The molecule has 1 unspecified atom stereocenters. The number of methoxy groups -OCH3 is 1. The van der Waals surface area contributed by atoms with E-state index in [1.807, 2.05) is 74.5 Å². The fourth-order valence-electron chi connectivity index (χ4n) is 5.83. The third kappa shape index (κ3) is 11.5. The molecule has 0 fully saturated rings. The molecule has 5 N–H and O–H groups in total. The van der Waals surface area contributed by atoms with Crippen molar-refractivity contribution in [3.8, 4) is 11.5 Å². The number of hydrogen-bond donors (Lipinski definition) is 5. The highest BCUT2D eigenvalue weighted by Crippen LogP contribution is 2.37. The van der Waals surface area contributed by atoms with Crippen LogP contribution in [0.4, 0.5) is 5.69 Å². The summed E-state index contributed by atoms with van der Waals surface area (Å²) >= 11 is 0. The highest BCUT2D eigenvalue weighted by Gasteiger charge is 2.29. The molecule has 4 aromatic carbocycles. The fourth-order valence-corrected chi connectivity index (χ4v) is 5.83. The van der Waals surface area contributed by atoms with Crippen molar-refractivity contribution in [1.82, 2.24) is 26.8 Å². The zero-order chi connectivity index (χ0) is 39.2. The van der Waals surface area contributed by atoms with E-state index in [1.165, 1.54) is 26.3 Å². The van der Waals surface area contributed by atoms with Crippen LogP contribution in [0.15, 0.2) is 84.9 Å². The van der Waals surface area contributed by atoms with Gasteiger partial charge in [0.2, 0.25) is 11.8 Å². The van der Waals surface area contributed by atoms with E-state index in [2.05, 4.69) is 26.8 Å². The summed E-state index contributed by atoms with van der Waals surface area (Å²) in [5.74, 6) is -1.31. The van der Waals surface area contributed by atoms with Crippen LogP contribution in [0.3, 0.4) is 0 Å². The van der Waals surface area contributed by atoms with E-state index in [1.54, 1.807) is 19.1 Å². The largest absolute Gasteiger partial charge is 0.493 e. The Bertz CT molecular complexity index is 1940. The number of nitrogens with zero attached hydrogens (tertiary/aromatic N) is 1. The zero-order valence-corrected chi connectivity index (χ0v) is 31.1. The molecule has 0 aliphatic carbocycles. The predicted octanol–water partition coefficient (Wildman–Crippen LogP) is 4.92. The van der Waals surface area contributed by atoms with Crippen molar-refractivity contribution < 1.29 is 33.6 Å². The Morgan fingerprint density at radius 3 is 2.19 bits per heavy atom. The molecule has 54 heavy (non-hydrogen) atoms. The number of amides is 4. The van der Waals surface area contributed by atoms with Gasteiger partial charge in [0, 0.05) is 25.5 Å². The Labute approximate surface area is 314 Å². The number of hydrogen-bond acceptors (Lipinski definition) is 9. The maximum atomic E-state index is 13.8. The number of rotatable bonds is 19. The summed E-state index contributed by atoms with van der Waals surface area (Å²) < 4.78 is 11.2. The van der Waals surface area contributed by atoms with Gasteiger partial charge < -0.3 is 25.4 Å². The predicted molar refractivity (Wildman–Crippen MR) is 205 cm³/mol. The molecule has 0 aliphatic rings. The number of nitro groups is 1. The average molecular weight is 741 g/mol. The molecule has 0 saturated carbocycles. The summed E-state index contributed by atoms with van der Waals surface area (Å²) in [5, 5.41) is 22.2. The van der Waals surface area contributed by atoms with E-state index >= 15 is 0 Å². The highest BCUT2D eigenvalue weighted by atomic mass is 16.6. The quantitative estimate of drug-likeness (QED) is 0.0505. The molecule has 14 heteroatoms. The molecule has 4 aromatic rings. The Morgan fingerprint density at radius 1 is 0.815 bits per heavy atom. The first kappa shape index (κ1) is 40.7. The number of carbonyl (C=O) groups is 4. The minimum absolute atomic E-state index is 0.0358. The Kier molecular flexibility index (Phi) is 14.9. The van der Waals surface area contributed by atoms with Crippen molar-refractivity contribution in [2.45, 2.75) is 64.6 Å². The lowest BCUT2D eigenvalue weighted by atomic mass is 10.0. The average Bonchev–Trinajstić information content (AvgIpc) is 3.17. The van der Waals surface area contributed by atoms with Crippen LogP contribution >= 0.6 is 0 Å². The van der Waals surface area contributed by atoms with Crippen LogP contribution in [0.25, 0.3) is 10.8 Å². The van der Waals surface area contributed by atoms with Gasteiger partial charge in [0.15, 0.2) is 11.5 Å². The molecule has 3 atom stereocenters. The normalized spacial score (nSPS) is 12.6. The third-order valence-electron chi connectivity index (χ3n) is 8.73. The maximum Gasteiger partial charge on any atom is 0.278 e. The van der Waals surface area contributed by atoms with Gasteiger partial charge in [-0.1, -0.05) is 74.5 Å². The molecule has 0 aliphatic heterocycles. The van der Waals surface area contributed by atoms with Crippen LogP contribution < -0.4 is 36.3 Å². The second kappa shape index (κ2) is 19.7. The van der Waals surface area contributed by atoms with E-state index < -0.39 is 40.8 Å². The van der Waals surface area contributed by atoms with E-state index in [4.69, 9.17) is 9.47 Å². The van der Waals surface area contributed by atoms with Crippen LogP contribution in [0.5, 0.6) is 11.5 Å². The summed E-state index contributed by atoms with van der Waals surface area (Å²) in [4.78, 5) is 64.1. The van der Waals surface area contributed by atoms with Crippen molar-refractivity contribution in [3.05, 3.63) is 112 Å². The van der Waals surface area contributed by atoms with Crippen LogP contribution in [0, 0.1) is 16.0 Å². The van der Waals surface area contributed by atoms with Crippen LogP contribution in [-0.2, 0) is 20.8 Å². The number of benzene rings is 4. The number of fused-ring (bicyclic) bond motifs is 1. The van der Waals surface area contributed by atoms with Gasteiger partial charge in [-0.05, 0) is 60.2 Å². The Morgan fingerprint density at radius 2 is 1.52 bits per heavy atom. The lowest BCUT2D eigenvalue weighted by Gasteiger charge is -2.25. The van der Waals surface area contributed by atoms with Crippen molar-refractivity contribution >= 4 is 40.1 Å². The molecule has 0 heterocycles. The molecule has 286 valence electrons. The van der Waals surface area contributed by atoms with E-state index in [0.29, 0.717) is 18.4 Å². The number of nitro benzene ring substituents is 1. The van der Waals surface area contributed by atoms with Crippen molar-refractivity contribution in [2.75, 3.05) is 20.8 Å². The van der Waals surface area contributed by atoms with E-state index in [0.717, 1.165) is 16.3 Å². The molecule has 0 bridgehead atoms. The topological polar surface area (TPSA) is 190 Å². The first-order valence-corrected chi connectivity index (χ1v) is 17.8. The van der Waals surface area contributed by atoms with Gasteiger partial charge in [0.25, 0.3) is 17.5 Å². The van der Waals surface area contributed by atoms with Crippen LogP contribution in [0.1, 0.15) is 67.6 Å². The number of carbonyl (C=O) groups excluding carboxylic acids is 4. The molecule has 0 spiro atoms. The van der Waals surface area contributed by atoms with E-state index in [-0.39, 0.29) is 54.0 Å². The van der Waals surface area contributed by atoms with Gasteiger partial charge in [-0.3, -0.25) is 34.7 Å². The summed E-state index contributed by atoms with van der Waals surface area (Å²) in [6.07, 6.45) is 1.06. The smallest absolute Gasteiger partial charge is 0.278 e. The van der Waals surface area contributed by atoms with Crippen molar-refractivity contribution in [1.29, 1.82) is 0 Å². The third-order valence-corrected chi connectivity index (χ3v) is 8.73. The summed E-state index contributed by atoms with van der Waals surface area (Å²) in [5.41, 5.74) is 6.56. The molecule has 0 saturated heterocycles. The summed E-state index contributed by atoms with van der Waals surface area (Å²) in [6.45, 7) is 5.62. The lowest BCUT2D eigenvalue weighted by molar-refractivity contribution is -0.385. The second-order valence-corrected chi connectivity index (χ2v) is 13.3. The highest BCUT2D eigenvalue weighted by molar-refractivity contribution is 6.01. The number of hydrazine groups is 1. The number of ether oxygens (including phenoxy) is 2. The zero-order valence-electron chi connectivity index (χ0n) is 31.1. The minimum atomic E-state index is -1.08. The summed E-state index contributed by atoms with van der Waals surface area (Å²) in [6, 6.07) is 22.0. The number of nitrogens with one attached hydrogen (secondary N) is 5. The first-order valence-electron chi connectivity index (χ1n) is 17.8. The van der Waals surface area contributed by atoms with Gasteiger partial charge in [0.05, 0.1) is 36.3 Å². The molecule has 14 nitrogen and oxygen atoms in total. The van der Waals surface area contributed by atoms with Crippen LogP contribution in [0.2, 0.25) is 0 Å². The van der Waals surface area contributed by atoms with Gasteiger partial charge in [-0.15, -0.1) is 0 Å². The molecule has 0 radical (unpaired) electrons. The Balaban J connectivity index is 1.50. The SMILES string of the molecule is CNC(=O)CCCOc1cc([N+](=O)[O-])c(C(C)NNC(=O)[C@H](Cc2ccccc2)NC(=O)[C@H](CC(C)C)NC(=O)c2ccc3ccccc3c2)cc1OC. The lowest BCUT2D eigenvalue weighted by Crippen LogP contribution is -2.56. The molecular weight excluding hydrogens is 692 g/mol.